The number of hydrogen-bond donors (Lipinski definition) is 1. The number of aliphatic hydroxyl groups excluding tert-OH is 1. The Morgan fingerprint density at radius 3 is 2.34 bits per heavy atom. The molecule has 1 aromatic heterocycles. The van der Waals surface area contributed by atoms with E-state index >= 15 is 0 Å². The molecule has 198 valence electrons. The zero-order chi connectivity index (χ0) is 27.6. The standard InChI is InChI=1S/C28H28N2O7S/c1-6-36-19-12-13-20(15(3)14-19)23(31)21-22(17-8-10-18(35-5)11-9-17)30(26(33)24(21)32)28-29-16(4)25(38-28)27(34)37-7-2/h8-14,22,31H,6-7H2,1-5H3/b23-21-. The Morgan fingerprint density at radius 2 is 1.74 bits per heavy atom. The number of hydrogen-bond acceptors (Lipinski definition) is 9. The summed E-state index contributed by atoms with van der Waals surface area (Å²) in [4.78, 5) is 45.2. The lowest BCUT2D eigenvalue weighted by molar-refractivity contribution is -0.132. The molecule has 2 aromatic carbocycles. The Kier molecular flexibility index (Phi) is 7.82. The number of ether oxygens (including phenoxy) is 3. The first-order valence-electron chi connectivity index (χ1n) is 12.0. The second kappa shape index (κ2) is 11.1. The lowest BCUT2D eigenvalue weighted by atomic mass is 9.94. The highest BCUT2D eigenvalue weighted by Crippen LogP contribution is 2.44. The Morgan fingerprint density at radius 1 is 1.05 bits per heavy atom. The van der Waals surface area contributed by atoms with E-state index in [2.05, 4.69) is 4.98 Å². The molecule has 1 aliphatic rings. The zero-order valence-corrected chi connectivity index (χ0v) is 22.5. The molecule has 0 bridgehead atoms. The number of anilines is 1. The van der Waals surface area contributed by atoms with Crippen LogP contribution in [0, 0.1) is 13.8 Å². The van der Waals surface area contributed by atoms with Gasteiger partial charge in [0.15, 0.2) is 5.13 Å². The fourth-order valence-corrected chi connectivity index (χ4v) is 5.29. The van der Waals surface area contributed by atoms with Gasteiger partial charge >= 0.3 is 11.9 Å². The topological polar surface area (TPSA) is 115 Å². The minimum absolute atomic E-state index is 0.0852. The molecule has 0 spiro atoms. The van der Waals surface area contributed by atoms with Crippen LogP contribution in [0.4, 0.5) is 5.13 Å². The maximum atomic E-state index is 13.4. The molecule has 3 aromatic rings. The Balaban J connectivity index is 1.90. The number of thiazole rings is 1. The van der Waals surface area contributed by atoms with Crippen LogP contribution < -0.4 is 14.4 Å². The van der Waals surface area contributed by atoms with E-state index in [0.29, 0.717) is 40.5 Å². The third-order valence-electron chi connectivity index (χ3n) is 6.09. The van der Waals surface area contributed by atoms with Gasteiger partial charge in [0.25, 0.3) is 5.78 Å². The fraction of sp³-hybridized carbons (Fsp3) is 0.286. The molecule has 1 fully saturated rings. The maximum absolute atomic E-state index is 13.4. The number of aromatic nitrogens is 1. The molecule has 0 radical (unpaired) electrons. The Bertz CT molecular complexity index is 1430. The number of carbonyl (C=O) groups excluding carboxylic acids is 3. The first-order chi connectivity index (χ1) is 18.2. The summed E-state index contributed by atoms with van der Waals surface area (Å²) in [6.45, 7) is 7.64. The molecule has 0 saturated carbocycles. The van der Waals surface area contributed by atoms with Gasteiger partial charge in [0.2, 0.25) is 0 Å². The summed E-state index contributed by atoms with van der Waals surface area (Å²) >= 11 is 0.959. The second-order valence-corrected chi connectivity index (χ2v) is 9.46. The fourth-order valence-electron chi connectivity index (χ4n) is 4.31. The number of esters is 1. The van der Waals surface area contributed by atoms with Gasteiger partial charge in [0.1, 0.15) is 22.1 Å². The van der Waals surface area contributed by atoms with Gasteiger partial charge in [-0.15, -0.1) is 0 Å². The molecular formula is C28H28N2O7S. The van der Waals surface area contributed by atoms with Crippen LogP contribution in [0.5, 0.6) is 11.5 Å². The first-order valence-corrected chi connectivity index (χ1v) is 12.9. The van der Waals surface area contributed by atoms with E-state index in [-0.39, 0.29) is 27.9 Å². The summed E-state index contributed by atoms with van der Waals surface area (Å²) in [6.07, 6.45) is 0. The number of methoxy groups -OCH3 is 1. The van der Waals surface area contributed by atoms with Crippen LogP contribution in [0.2, 0.25) is 0 Å². The zero-order valence-electron chi connectivity index (χ0n) is 21.7. The lowest BCUT2D eigenvalue weighted by Crippen LogP contribution is -2.29. The van der Waals surface area contributed by atoms with Gasteiger partial charge in [-0.1, -0.05) is 23.5 Å². The summed E-state index contributed by atoms with van der Waals surface area (Å²) in [6, 6.07) is 10.9. The number of nitrogens with zero attached hydrogens (tertiary/aromatic N) is 2. The molecule has 10 heteroatoms. The van der Waals surface area contributed by atoms with Gasteiger partial charge in [-0.25, -0.2) is 9.78 Å². The average molecular weight is 537 g/mol. The molecule has 1 unspecified atom stereocenters. The number of rotatable bonds is 8. The predicted molar refractivity (Wildman–Crippen MR) is 143 cm³/mol. The van der Waals surface area contributed by atoms with E-state index in [1.165, 1.54) is 12.0 Å². The number of Topliss-reactive ketones (excluding diaryl/α,β-unsaturated/α-hetero) is 1. The van der Waals surface area contributed by atoms with Crippen LogP contribution >= 0.6 is 11.3 Å². The minimum Gasteiger partial charge on any atom is -0.507 e. The van der Waals surface area contributed by atoms with Crippen LogP contribution in [0.1, 0.15) is 51.9 Å². The van der Waals surface area contributed by atoms with Crippen molar-refractivity contribution in [2.75, 3.05) is 25.2 Å². The molecule has 2 heterocycles. The van der Waals surface area contributed by atoms with Crippen molar-refractivity contribution < 1.29 is 33.7 Å². The highest BCUT2D eigenvalue weighted by atomic mass is 32.1. The summed E-state index contributed by atoms with van der Waals surface area (Å²) < 4.78 is 15.9. The van der Waals surface area contributed by atoms with Gasteiger partial charge in [-0.3, -0.25) is 14.5 Å². The van der Waals surface area contributed by atoms with Crippen LogP contribution in [0.3, 0.4) is 0 Å². The van der Waals surface area contributed by atoms with E-state index < -0.39 is 23.7 Å². The van der Waals surface area contributed by atoms with Crippen molar-refractivity contribution in [1.29, 1.82) is 0 Å². The number of aliphatic hydroxyl groups is 1. The number of carbonyl (C=O) groups is 3. The van der Waals surface area contributed by atoms with E-state index in [1.807, 2.05) is 6.92 Å². The quantitative estimate of drug-likeness (QED) is 0.186. The number of benzene rings is 2. The molecule has 1 atom stereocenters. The monoisotopic (exact) mass is 536 g/mol. The molecule has 1 N–H and O–H groups in total. The van der Waals surface area contributed by atoms with Crippen molar-refractivity contribution in [2.45, 2.75) is 33.7 Å². The van der Waals surface area contributed by atoms with E-state index in [4.69, 9.17) is 14.2 Å². The van der Waals surface area contributed by atoms with Crippen molar-refractivity contribution in [3.05, 3.63) is 75.3 Å². The van der Waals surface area contributed by atoms with Crippen LogP contribution in [-0.2, 0) is 14.3 Å². The molecule has 0 aliphatic carbocycles. The number of aryl methyl sites for hydroxylation is 2. The minimum atomic E-state index is -0.993. The van der Waals surface area contributed by atoms with Gasteiger partial charge in [-0.05, 0) is 69.2 Å². The summed E-state index contributed by atoms with van der Waals surface area (Å²) in [5, 5.41) is 11.6. The second-order valence-electron chi connectivity index (χ2n) is 8.48. The third-order valence-corrected chi connectivity index (χ3v) is 7.23. The SMILES string of the molecule is CCOC(=O)c1sc(N2C(=O)C(=O)/C(=C(\O)c3ccc(OCC)cc3C)C2c2ccc(OC)cc2)nc1C. The normalized spacial score (nSPS) is 16.6. The van der Waals surface area contributed by atoms with Gasteiger partial charge < -0.3 is 19.3 Å². The molecule has 38 heavy (non-hydrogen) atoms. The van der Waals surface area contributed by atoms with Crippen molar-refractivity contribution in [2.24, 2.45) is 0 Å². The summed E-state index contributed by atoms with van der Waals surface area (Å²) in [5.74, 6) is -1.38. The molecule has 1 amide bonds. The molecule has 9 nitrogen and oxygen atoms in total. The van der Waals surface area contributed by atoms with E-state index in [0.717, 1.165) is 11.3 Å². The summed E-state index contributed by atoms with van der Waals surface area (Å²) in [5.41, 5.74) is 1.91. The summed E-state index contributed by atoms with van der Waals surface area (Å²) in [7, 11) is 1.53. The molecule has 1 aliphatic heterocycles. The van der Waals surface area contributed by atoms with Crippen LogP contribution in [0.15, 0.2) is 48.0 Å². The molecule has 1 saturated heterocycles. The van der Waals surface area contributed by atoms with Crippen molar-refractivity contribution >= 4 is 39.9 Å². The molecule has 4 rings (SSSR count). The highest BCUT2D eigenvalue weighted by molar-refractivity contribution is 7.17. The van der Waals surface area contributed by atoms with Gasteiger partial charge in [0.05, 0.1) is 37.6 Å². The predicted octanol–water partition coefficient (Wildman–Crippen LogP) is 4.97. The number of ketones is 1. The van der Waals surface area contributed by atoms with Crippen molar-refractivity contribution in [3.63, 3.8) is 0 Å². The van der Waals surface area contributed by atoms with Crippen LogP contribution in [0.25, 0.3) is 5.76 Å². The average Bonchev–Trinajstić information content (AvgIpc) is 3.41. The van der Waals surface area contributed by atoms with Crippen molar-refractivity contribution in [3.8, 4) is 11.5 Å². The Hall–Kier alpha value is -4.18. The number of amides is 1. The maximum Gasteiger partial charge on any atom is 0.350 e. The van der Waals surface area contributed by atoms with Gasteiger partial charge in [-0.2, -0.15) is 0 Å². The largest absolute Gasteiger partial charge is 0.507 e. The van der Waals surface area contributed by atoms with E-state index in [1.54, 1.807) is 63.2 Å². The van der Waals surface area contributed by atoms with Crippen LogP contribution in [-0.4, -0.2) is 48.1 Å². The van der Waals surface area contributed by atoms with E-state index in [9.17, 15) is 19.5 Å². The van der Waals surface area contributed by atoms with Gasteiger partial charge in [0, 0.05) is 5.56 Å². The lowest BCUT2D eigenvalue weighted by Gasteiger charge is -2.23. The Labute approximate surface area is 224 Å². The smallest absolute Gasteiger partial charge is 0.350 e. The molecular weight excluding hydrogens is 508 g/mol. The first kappa shape index (κ1) is 26.9. The third kappa shape index (κ3) is 4.87. The highest BCUT2D eigenvalue weighted by Gasteiger charge is 2.48. The van der Waals surface area contributed by atoms with Crippen molar-refractivity contribution in [1.82, 2.24) is 4.98 Å².